The van der Waals surface area contributed by atoms with Crippen LogP contribution in [-0.2, 0) is 20.8 Å². The summed E-state index contributed by atoms with van der Waals surface area (Å²) < 4.78 is 0. The number of H-pyrrole nitrogens is 1. The zero-order chi connectivity index (χ0) is 24.9. The Bertz CT molecular complexity index is 1260. The molecular formula is C25H24N4O6. The molecular weight excluding hydrogens is 452 g/mol. The summed E-state index contributed by atoms with van der Waals surface area (Å²) in [5.41, 5.74) is 4.76. The van der Waals surface area contributed by atoms with Gasteiger partial charge in [0.15, 0.2) is 0 Å². The van der Waals surface area contributed by atoms with Crippen LogP contribution in [-0.4, -0.2) is 57.2 Å². The van der Waals surface area contributed by atoms with Crippen LogP contribution in [0.5, 0.6) is 0 Å². The number of nitrogens with one attached hydrogen (secondary N) is 3. The summed E-state index contributed by atoms with van der Waals surface area (Å²) in [6.45, 7) is 0. The lowest BCUT2D eigenvalue weighted by Gasteiger charge is -2.25. The normalized spacial score (nSPS) is 14.6. The number of hydrogen-bond acceptors (Lipinski definition) is 6. The number of aliphatic carboxylic acids is 1. The molecule has 0 bridgehead atoms. The van der Waals surface area contributed by atoms with Crippen molar-refractivity contribution in [1.82, 2.24) is 20.7 Å². The first-order chi connectivity index (χ1) is 16.9. The van der Waals surface area contributed by atoms with Crippen molar-refractivity contribution in [3.8, 4) is 0 Å². The number of fused-ring (bicyclic) bond motifs is 2. The number of aromatic nitrogens is 1. The van der Waals surface area contributed by atoms with Gasteiger partial charge >= 0.3 is 5.97 Å². The Morgan fingerprint density at radius 2 is 1.66 bits per heavy atom. The molecule has 10 heteroatoms. The number of para-hydroxylation sites is 1. The maximum Gasteiger partial charge on any atom is 0.326 e. The summed E-state index contributed by atoms with van der Waals surface area (Å²) >= 11 is 0. The molecule has 0 aliphatic carbocycles. The van der Waals surface area contributed by atoms with Gasteiger partial charge in [0.2, 0.25) is 5.91 Å². The van der Waals surface area contributed by atoms with E-state index in [1.54, 1.807) is 18.3 Å². The summed E-state index contributed by atoms with van der Waals surface area (Å²) in [4.78, 5) is 64.4. The summed E-state index contributed by atoms with van der Waals surface area (Å²) in [6.07, 6.45) is 3.01. The molecule has 3 aromatic rings. The molecule has 10 nitrogen and oxygen atoms in total. The SMILES string of the molecule is O=CCCC[C@H](NC(=O)[C@H](Cc1c[nH]c2ccccc12)NN1C(=O)c2ccccc2C1=O)C(=O)O. The maximum absolute atomic E-state index is 13.3. The Labute approximate surface area is 200 Å². The van der Waals surface area contributed by atoms with Crippen LogP contribution >= 0.6 is 0 Å². The van der Waals surface area contributed by atoms with Crippen LogP contribution in [0.2, 0.25) is 0 Å². The van der Waals surface area contributed by atoms with Gasteiger partial charge in [-0.25, -0.2) is 15.2 Å². The second-order valence-corrected chi connectivity index (χ2v) is 8.23. The number of aromatic amines is 1. The second-order valence-electron chi connectivity index (χ2n) is 8.23. The van der Waals surface area contributed by atoms with Crippen molar-refractivity contribution in [1.29, 1.82) is 0 Å². The van der Waals surface area contributed by atoms with E-state index in [4.69, 9.17) is 0 Å². The molecule has 35 heavy (non-hydrogen) atoms. The van der Waals surface area contributed by atoms with Gasteiger partial charge in [-0.3, -0.25) is 14.4 Å². The Morgan fingerprint density at radius 1 is 1.00 bits per heavy atom. The van der Waals surface area contributed by atoms with Crippen molar-refractivity contribution in [3.05, 3.63) is 71.4 Å². The number of unbranched alkanes of at least 4 members (excludes halogenated alkanes) is 1. The molecule has 0 fully saturated rings. The monoisotopic (exact) mass is 476 g/mol. The smallest absolute Gasteiger partial charge is 0.326 e. The summed E-state index contributed by atoms with van der Waals surface area (Å²) in [5, 5.41) is 13.7. The lowest BCUT2D eigenvalue weighted by molar-refractivity contribution is -0.142. The topological polar surface area (TPSA) is 149 Å². The van der Waals surface area contributed by atoms with E-state index in [9.17, 15) is 29.1 Å². The Morgan fingerprint density at radius 3 is 2.31 bits per heavy atom. The number of carbonyl (C=O) groups excluding carboxylic acids is 4. The highest BCUT2D eigenvalue weighted by Gasteiger charge is 2.38. The molecule has 4 rings (SSSR count). The zero-order valence-corrected chi connectivity index (χ0v) is 18.7. The lowest BCUT2D eigenvalue weighted by Crippen LogP contribution is -2.57. The predicted molar refractivity (Wildman–Crippen MR) is 125 cm³/mol. The number of rotatable bonds is 11. The fourth-order valence-corrected chi connectivity index (χ4v) is 4.11. The number of hydrazine groups is 1. The minimum atomic E-state index is -1.24. The van der Waals surface area contributed by atoms with Crippen LogP contribution in [0, 0.1) is 0 Å². The van der Waals surface area contributed by atoms with E-state index in [2.05, 4.69) is 15.7 Å². The highest BCUT2D eigenvalue weighted by molar-refractivity contribution is 6.21. The largest absolute Gasteiger partial charge is 0.480 e. The van der Waals surface area contributed by atoms with E-state index < -0.39 is 35.8 Å². The quantitative estimate of drug-likeness (QED) is 0.187. The van der Waals surface area contributed by atoms with Gasteiger partial charge in [-0.1, -0.05) is 30.3 Å². The minimum Gasteiger partial charge on any atom is -0.480 e. The standard InChI is InChI=1S/C25H24N4O6/c30-12-6-5-11-20(25(34)35)27-22(31)21(13-15-14-26-19-10-4-3-7-16(15)19)28-29-23(32)17-8-1-2-9-18(17)24(29)33/h1-4,7-10,12,14,20-21,26,28H,5-6,11,13H2,(H,27,31)(H,34,35)/t20-,21-/m0/s1. The van der Waals surface area contributed by atoms with Crippen LogP contribution in [0.1, 0.15) is 45.5 Å². The molecule has 0 unspecified atom stereocenters. The van der Waals surface area contributed by atoms with Crippen molar-refractivity contribution in [2.75, 3.05) is 0 Å². The highest BCUT2D eigenvalue weighted by Crippen LogP contribution is 2.23. The third-order valence-electron chi connectivity index (χ3n) is 5.92. The third-order valence-corrected chi connectivity index (χ3v) is 5.92. The van der Waals surface area contributed by atoms with Crippen LogP contribution in [0.25, 0.3) is 10.9 Å². The zero-order valence-electron chi connectivity index (χ0n) is 18.7. The molecule has 2 atom stereocenters. The average molecular weight is 476 g/mol. The van der Waals surface area contributed by atoms with Gasteiger partial charge in [0, 0.05) is 29.9 Å². The molecule has 180 valence electrons. The van der Waals surface area contributed by atoms with Crippen LogP contribution in [0.15, 0.2) is 54.7 Å². The molecule has 4 N–H and O–H groups in total. The minimum absolute atomic E-state index is 0.0621. The van der Waals surface area contributed by atoms with E-state index in [0.29, 0.717) is 12.7 Å². The van der Waals surface area contributed by atoms with Crippen molar-refractivity contribution in [3.63, 3.8) is 0 Å². The molecule has 1 aromatic heterocycles. The van der Waals surface area contributed by atoms with E-state index in [1.807, 2.05) is 24.3 Å². The van der Waals surface area contributed by atoms with E-state index in [-0.39, 0.29) is 30.4 Å². The van der Waals surface area contributed by atoms with Gasteiger partial charge < -0.3 is 20.2 Å². The average Bonchev–Trinajstić information content (AvgIpc) is 3.37. The molecule has 0 radical (unpaired) electrons. The van der Waals surface area contributed by atoms with Gasteiger partial charge in [0.1, 0.15) is 18.4 Å². The Balaban J connectivity index is 1.60. The van der Waals surface area contributed by atoms with Gasteiger partial charge in [-0.2, -0.15) is 0 Å². The number of amides is 3. The Kier molecular flexibility index (Phi) is 7.02. The number of carbonyl (C=O) groups is 5. The number of imide groups is 1. The number of nitrogens with zero attached hydrogens (tertiary/aromatic N) is 1. The van der Waals surface area contributed by atoms with Crippen molar-refractivity contribution >= 4 is 40.9 Å². The van der Waals surface area contributed by atoms with Gasteiger partial charge in [0.25, 0.3) is 11.8 Å². The fraction of sp³-hybridized carbons (Fsp3) is 0.240. The van der Waals surface area contributed by atoms with E-state index in [0.717, 1.165) is 21.5 Å². The highest BCUT2D eigenvalue weighted by atomic mass is 16.4. The number of carboxylic acid groups (broad SMARTS) is 1. The molecule has 0 saturated heterocycles. The fourth-order valence-electron chi connectivity index (χ4n) is 4.11. The van der Waals surface area contributed by atoms with Gasteiger partial charge in [0.05, 0.1) is 11.1 Å². The molecule has 0 saturated carbocycles. The predicted octanol–water partition coefficient (Wildman–Crippen LogP) is 1.82. The summed E-state index contributed by atoms with van der Waals surface area (Å²) in [5.74, 6) is -3.12. The maximum atomic E-state index is 13.3. The first-order valence-electron chi connectivity index (χ1n) is 11.2. The van der Waals surface area contributed by atoms with Crippen molar-refractivity contribution < 1.29 is 29.1 Å². The third kappa shape index (κ3) is 4.97. The molecule has 2 heterocycles. The second kappa shape index (κ2) is 10.3. The number of hydrogen-bond donors (Lipinski definition) is 4. The van der Waals surface area contributed by atoms with Crippen LogP contribution in [0.4, 0.5) is 0 Å². The first-order valence-corrected chi connectivity index (χ1v) is 11.2. The first kappa shape index (κ1) is 23.8. The molecule has 1 aliphatic rings. The molecule has 3 amide bonds. The summed E-state index contributed by atoms with van der Waals surface area (Å²) in [7, 11) is 0. The Hall–Kier alpha value is -4.31. The number of aldehydes is 1. The van der Waals surface area contributed by atoms with Crippen LogP contribution < -0.4 is 10.7 Å². The summed E-state index contributed by atoms with van der Waals surface area (Å²) in [6, 6.07) is 11.4. The van der Waals surface area contributed by atoms with Crippen molar-refractivity contribution in [2.24, 2.45) is 0 Å². The van der Waals surface area contributed by atoms with E-state index in [1.165, 1.54) is 12.1 Å². The van der Waals surface area contributed by atoms with Crippen LogP contribution in [0.3, 0.4) is 0 Å². The van der Waals surface area contributed by atoms with Gasteiger partial charge in [-0.05, 0) is 36.6 Å². The number of benzene rings is 2. The van der Waals surface area contributed by atoms with E-state index >= 15 is 0 Å². The molecule has 1 aliphatic heterocycles. The van der Waals surface area contributed by atoms with Gasteiger partial charge in [-0.15, -0.1) is 0 Å². The molecule has 0 spiro atoms. The lowest BCUT2D eigenvalue weighted by atomic mass is 10.0. The van der Waals surface area contributed by atoms with Crippen molar-refractivity contribution in [2.45, 2.75) is 37.8 Å². The molecule has 2 aromatic carbocycles. The number of carboxylic acids is 1.